The molecule has 1 aromatic carbocycles. The molecule has 2 aromatic rings. The monoisotopic (exact) mass is 837 g/mol. The molecule has 1 aromatic heterocycles. The summed E-state index contributed by atoms with van der Waals surface area (Å²) in [5, 5.41) is 13.9. The first kappa shape index (κ1) is 42.9. The molecule has 3 fully saturated rings. The number of carboxylic acid groups (broad SMARTS) is 1. The number of benzene rings is 1. The van der Waals surface area contributed by atoms with Gasteiger partial charge in [0.2, 0.25) is 27.7 Å². The van der Waals surface area contributed by atoms with E-state index >= 15 is 13.6 Å². The van der Waals surface area contributed by atoms with Gasteiger partial charge < -0.3 is 29.5 Å². The molecule has 0 bridgehead atoms. The maximum atomic E-state index is 15.3. The van der Waals surface area contributed by atoms with Crippen molar-refractivity contribution in [3.63, 3.8) is 0 Å². The van der Waals surface area contributed by atoms with Gasteiger partial charge in [-0.25, -0.2) is 31.4 Å². The van der Waals surface area contributed by atoms with Crippen molar-refractivity contribution >= 4 is 44.6 Å². The van der Waals surface area contributed by atoms with Gasteiger partial charge in [0.25, 0.3) is 11.8 Å². The fraction of sp³-hybridized carbons (Fsp3) is 0.615. The van der Waals surface area contributed by atoms with Crippen LogP contribution in [0.4, 0.5) is 18.0 Å². The number of rotatable bonds is 9. The summed E-state index contributed by atoms with van der Waals surface area (Å²) in [4.78, 5) is 62.1. The first-order valence-corrected chi connectivity index (χ1v) is 20.6. The number of allylic oxidation sites excluding steroid dienone is 1. The van der Waals surface area contributed by atoms with E-state index in [1.807, 2.05) is 0 Å². The number of fused-ring (bicyclic) bond motifs is 3. The number of amides is 4. The van der Waals surface area contributed by atoms with E-state index in [9.17, 15) is 32.3 Å². The van der Waals surface area contributed by atoms with E-state index in [1.165, 1.54) is 39.3 Å². The largest absolute Gasteiger partial charge is 0.496 e. The Morgan fingerprint density at radius 1 is 1.16 bits per heavy atom. The Bertz CT molecular complexity index is 2130. The molecule has 58 heavy (non-hydrogen) atoms. The van der Waals surface area contributed by atoms with E-state index in [4.69, 9.17) is 14.2 Å². The Morgan fingerprint density at radius 3 is 2.47 bits per heavy atom. The van der Waals surface area contributed by atoms with Crippen molar-refractivity contribution in [1.82, 2.24) is 24.8 Å². The van der Waals surface area contributed by atoms with Crippen LogP contribution in [0.2, 0.25) is 0 Å². The molecule has 15 nitrogen and oxygen atoms in total. The summed E-state index contributed by atoms with van der Waals surface area (Å²) >= 11 is 0. The lowest BCUT2D eigenvalue weighted by atomic mass is 9.91. The van der Waals surface area contributed by atoms with Crippen LogP contribution in [0.15, 0.2) is 36.5 Å². The fourth-order valence-electron chi connectivity index (χ4n) is 7.76. The number of nitrogens with one attached hydrogen (secondary N) is 2. The number of methoxy groups -OCH3 is 1. The number of hydrogen-bond donors (Lipinski definition) is 3. The maximum absolute atomic E-state index is 15.3. The van der Waals surface area contributed by atoms with E-state index in [1.54, 1.807) is 25.1 Å². The number of pyridine rings is 1. The predicted molar refractivity (Wildman–Crippen MR) is 203 cm³/mol. The van der Waals surface area contributed by atoms with Crippen LogP contribution in [-0.2, 0) is 29.1 Å². The van der Waals surface area contributed by atoms with Crippen molar-refractivity contribution in [2.75, 3.05) is 13.7 Å². The fourth-order valence-corrected chi connectivity index (χ4v) is 9.07. The molecule has 4 amide bonds. The quantitative estimate of drug-likeness (QED) is 0.301. The lowest BCUT2D eigenvalue weighted by Crippen LogP contribution is -2.68. The lowest BCUT2D eigenvalue weighted by molar-refractivity contribution is -0.164. The minimum atomic E-state index is -4.13. The highest BCUT2D eigenvalue weighted by molar-refractivity contribution is 7.91. The molecule has 1 saturated heterocycles. The van der Waals surface area contributed by atoms with Gasteiger partial charge in [-0.1, -0.05) is 12.2 Å². The number of alkyl halides is 2. The van der Waals surface area contributed by atoms with E-state index in [0.29, 0.717) is 42.9 Å². The van der Waals surface area contributed by atoms with Crippen molar-refractivity contribution < 1.29 is 60.1 Å². The zero-order chi connectivity index (χ0) is 42.7. The highest BCUT2D eigenvalue weighted by Crippen LogP contribution is 2.48. The van der Waals surface area contributed by atoms with Crippen molar-refractivity contribution in [2.24, 2.45) is 5.92 Å². The normalized spacial score (nSPS) is 29.5. The Hall–Kier alpha value is -4.65. The summed E-state index contributed by atoms with van der Waals surface area (Å²) in [6.07, 6.45) is 1.10. The molecule has 19 heteroatoms. The van der Waals surface area contributed by atoms with E-state index in [2.05, 4.69) is 15.0 Å². The Kier molecular flexibility index (Phi) is 11.2. The zero-order valence-electron chi connectivity index (χ0n) is 33.4. The van der Waals surface area contributed by atoms with Gasteiger partial charge in [0.1, 0.15) is 40.8 Å². The lowest BCUT2D eigenvalue weighted by Gasteiger charge is -2.47. The molecule has 2 aliphatic carbocycles. The van der Waals surface area contributed by atoms with Crippen molar-refractivity contribution in [3.05, 3.63) is 42.4 Å². The molecular formula is C39H50F3N5O10S. The van der Waals surface area contributed by atoms with Crippen LogP contribution in [0.3, 0.4) is 0 Å². The highest BCUT2D eigenvalue weighted by atomic mass is 32.2. The summed E-state index contributed by atoms with van der Waals surface area (Å²) < 4.78 is 90.5. The van der Waals surface area contributed by atoms with E-state index in [0.717, 1.165) is 18.7 Å². The third-order valence-corrected chi connectivity index (χ3v) is 14.3. The Labute approximate surface area is 334 Å². The van der Waals surface area contributed by atoms with Crippen LogP contribution in [0.1, 0.15) is 80.1 Å². The summed E-state index contributed by atoms with van der Waals surface area (Å²) in [5.74, 6) is -7.81. The summed E-state index contributed by atoms with van der Waals surface area (Å²) in [7, 11) is -2.78. The topological polar surface area (TPSA) is 194 Å². The van der Waals surface area contributed by atoms with Gasteiger partial charge in [-0.15, -0.1) is 0 Å². The molecule has 7 atom stereocenters. The molecule has 2 saturated carbocycles. The van der Waals surface area contributed by atoms with Gasteiger partial charge in [0, 0.05) is 36.9 Å². The van der Waals surface area contributed by atoms with Gasteiger partial charge in [-0.05, 0) is 78.9 Å². The SMILES string of the molecule is COc1cc(F)cc2c(O[C@@H]3C[C@H]4C(=O)N[C@]5(C(=O)NS(=O)(=O)C6(C)CC6)C[C@H]5/C=C\CC[C@@H](C)O[C@@H](C)[C@H](N(C(=O)O)C(C)(C)C(C)(F)F)C(=O)N4C3)nccc12. The van der Waals surface area contributed by atoms with Gasteiger partial charge in [0.15, 0.2) is 0 Å². The van der Waals surface area contributed by atoms with E-state index < -0.39 is 104 Å². The predicted octanol–water partition coefficient (Wildman–Crippen LogP) is 4.53. The van der Waals surface area contributed by atoms with Crippen LogP contribution in [0, 0.1) is 11.7 Å². The number of aromatic nitrogens is 1. The summed E-state index contributed by atoms with van der Waals surface area (Å²) in [5.41, 5.74) is -4.22. The second-order valence-corrected chi connectivity index (χ2v) is 18.9. The first-order chi connectivity index (χ1) is 27.0. The van der Waals surface area contributed by atoms with Crippen molar-refractivity contribution in [2.45, 2.75) is 132 Å². The first-order valence-electron chi connectivity index (χ1n) is 19.2. The molecular weight excluding hydrogens is 788 g/mol. The molecule has 6 rings (SSSR count). The summed E-state index contributed by atoms with van der Waals surface area (Å²) in [6, 6.07) is 0.469. The molecule has 3 heterocycles. The van der Waals surface area contributed by atoms with Crippen molar-refractivity contribution in [3.8, 4) is 11.6 Å². The van der Waals surface area contributed by atoms with Crippen LogP contribution in [-0.4, -0.2) is 118 Å². The molecule has 318 valence electrons. The zero-order valence-corrected chi connectivity index (χ0v) is 34.2. The average Bonchev–Trinajstić information content (AvgIpc) is 4.01. The van der Waals surface area contributed by atoms with Crippen LogP contribution < -0.4 is 19.5 Å². The van der Waals surface area contributed by atoms with Crippen LogP contribution in [0.5, 0.6) is 11.6 Å². The van der Waals surface area contributed by atoms with E-state index in [-0.39, 0.29) is 29.9 Å². The Morgan fingerprint density at radius 2 is 1.84 bits per heavy atom. The van der Waals surface area contributed by atoms with Gasteiger partial charge in [0.05, 0.1) is 36.0 Å². The van der Waals surface area contributed by atoms with Crippen LogP contribution in [0.25, 0.3) is 10.8 Å². The number of carbonyl (C=O) groups excluding carboxylic acids is 3. The number of carbonyl (C=O) groups is 4. The molecule has 0 radical (unpaired) electrons. The standard InChI is InChI=1S/C39H50F3N5O10S/c1-21-10-8-9-11-23-19-39(23,34(50)45-58(53,54)37(5)13-14-37)44-31(48)28-18-25(57-32-27-16-24(40)17-29(55-7)26(27)12-15-43-32)20-46(28)33(49)30(22(2)56-21)47(35(51)52)36(3,4)38(6,41)42/h9,11-12,15-17,21-23,25,28,30H,8,10,13-14,18-20H2,1-7H3,(H,44,48)(H,45,50)(H,51,52)/b11-9-/t21-,22+,23-,25-,28+,30+,39-/m1/s1. The van der Waals surface area contributed by atoms with Gasteiger partial charge >= 0.3 is 6.09 Å². The second kappa shape index (κ2) is 15.2. The number of ether oxygens (including phenoxy) is 3. The maximum Gasteiger partial charge on any atom is 0.408 e. The van der Waals surface area contributed by atoms with Gasteiger partial charge in [-0.2, -0.15) is 0 Å². The number of sulfonamides is 1. The van der Waals surface area contributed by atoms with Crippen LogP contribution >= 0.6 is 0 Å². The molecule has 0 spiro atoms. The second-order valence-electron chi connectivity index (χ2n) is 16.7. The highest BCUT2D eigenvalue weighted by Gasteiger charge is 2.63. The minimum Gasteiger partial charge on any atom is -0.496 e. The van der Waals surface area contributed by atoms with Gasteiger partial charge in [-0.3, -0.25) is 24.0 Å². The molecule has 3 N–H and O–H groups in total. The minimum absolute atomic E-state index is 0.0273. The number of nitrogens with zero attached hydrogens (tertiary/aromatic N) is 3. The summed E-state index contributed by atoms with van der Waals surface area (Å²) in [6.45, 7) is 6.66. The molecule has 2 aliphatic heterocycles. The molecule has 0 unspecified atom stereocenters. The number of hydrogen-bond acceptors (Lipinski definition) is 10. The third kappa shape index (κ3) is 7.90. The van der Waals surface area contributed by atoms with Crippen molar-refractivity contribution in [1.29, 1.82) is 0 Å². The number of halogens is 3. The smallest absolute Gasteiger partial charge is 0.408 e. The average molecular weight is 838 g/mol. The third-order valence-electron chi connectivity index (χ3n) is 12.1. The Balaban J connectivity index is 1.43. The molecule has 4 aliphatic rings.